The van der Waals surface area contributed by atoms with Crippen LogP contribution in [0.5, 0.6) is 0 Å². The van der Waals surface area contributed by atoms with Crippen molar-refractivity contribution in [3.8, 4) is 0 Å². The van der Waals surface area contributed by atoms with Gasteiger partial charge in [-0.25, -0.2) is 0 Å². The fraction of sp³-hybridized carbons (Fsp3) is 0.500. The maximum absolute atomic E-state index is 4.33. The van der Waals surface area contributed by atoms with E-state index in [-0.39, 0.29) is 0 Å². The highest BCUT2D eigenvalue weighted by Crippen LogP contribution is 2.51. The monoisotopic (exact) mass is 358 g/mol. The summed E-state index contributed by atoms with van der Waals surface area (Å²) in [4.78, 5) is 5.67. The van der Waals surface area contributed by atoms with Crippen LogP contribution >= 0.6 is 11.8 Å². The Morgan fingerprint density at radius 1 is 1.28 bits per heavy atom. The van der Waals surface area contributed by atoms with Crippen LogP contribution < -0.4 is 10.6 Å². The topological polar surface area (TPSA) is 67.1 Å². The summed E-state index contributed by atoms with van der Waals surface area (Å²) in [6, 6.07) is 10.6. The normalized spacial score (nSPS) is 15.8. The van der Waals surface area contributed by atoms with Crippen molar-refractivity contribution in [2.45, 2.75) is 42.4 Å². The van der Waals surface area contributed by atoms with Crippen LogP contribution in [-0.2, 0) is 13.0 Å². The van der Waals surface area contributed by atoms with E-state index in [0.717, 1.165) is 37.8 Å². The smallest absolute Gasteiger partial charge is 0.191 e. The summed E-state index contributed by atoms with van der Waals surface area (Å²) in [5.74, 6) is 1.87. The number of hydrogen-bond donors (Lipinski definition) is 2. The number of nitrogens with zero attached hydrogens (tertiary/aromatic N) is 4. The van der Waals surface area contributed by atoms with Crippen molar-refractivity contribution < 1.29 is 0 Å². The maximum Gasteiger partial charge on any atom is 0.191 e. The third kappa shape index (κ3) is 4.98. The maximum atomic E-state index is 4.33. The number of benzene rings is 1. The molecule has 0 unspecified atom stereocenters. The molecule has 1 saturated carbocycles. The van der Waals surface area contributed by atoms with Gasteiger partial charge in [-0.05, 0) is 25.0 Å². The van der Waals surface area contributed by atoms with Gasteiger partial charge in [0, 0.05) is 42.7 Å². The molecule has 1 aliphatic rings. The summed E-state index contributed by atoms with van der Waals surface area (Å²) < 4.78 is 2.39. The van der Waals surface area contributed by atoms with Crippen LogP contribution in [0.25, 0.3) is 0 Å². The largest absolute Gasteiger partial charge is 0.355 e. The van der Waals surface area contributed by atoms with Crippen LogP contribution in [0.2, 0.25) is 0 Å². The number of aliphatic imine (C=N–C) groups is 1. The van der Waals surface area contributed by atoms with Gasteiger partial charge in [0.05, 0.1) is 0 Å². The lowest BCUT2D eigenvalue weighted by molar-refractivity contribution is 0.631. The molecule has 7 heteroatoms. The van der Waals surface area contributed by atoms with Gasteiger partial charge in [0.25, 0.3) is 0 Å². The van der Waals surface area contributed by atoms with Crippen molar-refractivity contribution in [2.24, 2.45) is 4.99 Å². The first kappa shape index (κ1) is 17.8. The van der Waals surface area contributed by atoms with Crippen molar-refractivity contribution in [3.05, 3.63) is 42.5 Å². The number of hydrogen-bond acceptors (Lipinski definition) is 4. The van der Waals surface area contributed by atoms with Crippen LogP contribution in [0.1, 0.15) is 25.6 Å². The van der Waals surface area contributed by atoms with Crippen LogP contribution in [-0.4, -0.2) is 45.6 Å². The molecule has 1 aliphatic carbocycles. The standard InChI is InChI=1S/C18H26N6S/c1-3-16-23-22-14-24(16)12-11-20-17(19-2)21-13-18(9-10-18)25-15-7-5-4-6-8-15/h4-8,14H,3,9-13H2,1-2H3,(H2,19,20,21). The average Bonchev–Trinajstić information content (AvgIpc) is 3.25. The van der Waals surface area contributed by atoms with E-state index in [2.05, 4.69) is 67.6 Å². The Morgan fingerprint density at radius 2 is 2.08 bits per heavy atom. The Hall–Kier alpha value is -2.02. The Morgan fingerprint density at radius 3 is 2.76 bits per heavy atom. The van der Waals surface area contributed by atoms with E-state index in [1.807, 2.05) is 18.8 Å². The van der Waals surface area contributed by atoms with Crippen molar-refractivity contribution in [3.63, 3.8) is 0 Å². The minimum atomic E-state index is 0.308. The number of thioether (sulfide) groups is 1. The minimum absolute atomic E-state index is 0.308. The highest BCUT2D eigenvalue weighted by Gasteiger charge is 2.43. The second kappa shape index (κ2) is 8.38. The molecule has 25 heavy (non-hydrogen) atoms. The lowest BCUT2D eigenvalue weighted by Crippen LogP contribution is -2.42. The highest BCUT2D eigenvalue weighted by molar-refractivity contribution is 8.01. The molecule has 0 bridgehead atoms. The Bertz CT molecular complexity index is 693. The predicted molar refractivity (Wildman–Crippen MR) is 103 cm³/mol. The van der Waals surface area contributed by atoms with Crippen LogP contribution in [0, 0.1) is 0 Å². The predicted octanol–water partition coefficient (Wildman–Crippen LogP) is 2.33. The number of guanidine groups is 1. The van der Waals surface area contributed by atoms with E-state index in [1.165, 1.54) is 17.7 Å². The van der Waals surface area contributed by atoms with Gasteiger partial charge in [0.15, 0.2) is 5.96 Å². The third-order valence-electron chi connectivity index (χ3n) is 4.34. The van der Waals surface area contributed by atoms with Gasteiger partial charge in [-0.3, -0.25) is 4.99 Å². The first-order valence-electron chi connectivity index (χ1n) is 8.80. The number of aromatic nitrogens is 3. The lowest BCUT2D eigenvalue weighted by atomic mass is 10.4. The van der Waals surface area contributed by atoms with Crippen molar-refractivity contribution in [1.29, 1.82) is 0 Å². The lowest BCUT2D eigenvalue weighted by Gasteiger charge is -2.18. The molecule has 0 saturated heterocycles. The van der Waals surface area contributed by atoms with Gasteiger partial charge in [-0.1, -0.05) is 25.1 Å². The van der Waals surface area contributed by atoms with E-state index in [0.29, 0.717) is 4.75 Å². The Balaban J connectivity index is 1.43. The average molecular weight is 359 g/mol. The molecule has 0 amide bonds. The molecule has 0 spiro atoms. The summed E-state index contributed by atoms with van der Waals surface area (Å²) in [6.45, 7) is 4.65. The van der Waals surface area contributed by atoms with Crippen molar-refractivity contribution in [1.82, 2.24) is 25.4 Å². The Kier molecular flexibility index (Phi) is 5.96. The first-order valence-corrected chi connectivity index (χ1v) is 9.61. The van der Waals surface area contributed by atoms with E-state index >= 15 is 0 Å². The molecule has 0 aliphatic heterocycles. The van der Waals surface area contributed by atoms with Gasteiger partial charge < -0.3 is 15.2 Å². The molecule has 2 N–H and O–H groups in total. The van der Waals surface area contributed by atoms with Crippen molar-refractivity contribution >= 4 is 17.7 Å². The molecule has 0 atom stereocenters. The zero-order valence-electron chi connectivity index (χ0n) is 14.9. The molecule has 3 rings (SSSR count). The van der Waals surface area contributed by atoms with Gasteiger partial charge >= 0.3 is 0 Å². The second-order valence-corrected chi connectivity index (χ2v) is 7.79. The number of aryl methyl sites for hydroxylation is 1. The van der Waals surface area contributed by atoms with E-state index < -0.39 is 0 Å². The minimum Gasteiger partial charge on any atom is -0.355 e. The van der Waals surface area contributed by atoms with Crippen molar-refractivity contribution in [2.75, 3.05) is 20.1 Å². The first-order chi connectivity index (χ1) is 12.2. The molecule has 2 aromatic rings. The van der Waals surface area contributed by atoms with Gasteiger partial charge in [-0.15, -0.1) is 22.0 Å². The molecule has 0 radical (unpaired) electrons. The SMILES string of the molecule is CCc1nncn1CCNC(=NC)NCC1(Sc2ccccc2)CC1. The summed E-state index contributed by atoms with van der Waals surface area (Å²) in [5.41, 5.74) is 0. The molecular weight excluding hydrogens is 332 g/mol. The summed E-state index contributed by atoms with van der Waals surface area (Å²) in [6.07, 6.45) is 5.17. The van der Waals surface area contributed by atoms with Gasteiger partial charge in [-0.2, -0.15) is 0 Å². The molecule has 1 fully saturated rings. The van der Waals surface area contributed by atoms with Crippen LogP contribution in [0.3, 0.4) is 0 Å². The second-order valence-electron chi connectivity index (χ2n) is 6.24. The third-order valence-corrected chi connectivity index (χ3v) is 5.84. The number of rotatable bonds is 8. The van der Waals surface area contributed by atoms with E-state index in [9.17, 15) is 0 Å². The van der Waals surface area contributed by atoms with Crippen LogP contribution in [0.4, 0.5) is 0 Å². The van der Waals surface area contributed by atoms with E-state index in [1.54, 1.807) is 6.33 Å². The van der Waals surface area contributed by atoms with Crippen LogP contribution in [0.15, 0.2) is 46.5 Å². The van der Waals surface area contributed by atoms with Gasteiger partial charge in [0.1, 0.15) is 12.2 Å². The molecule has 1 heterocycles. The zero-order valence-corrected chi connectivity index (χ0v) is 15.7. The zero-order chi connectivity index (χ0) is 17.5. The fourth-order valence-electron chi connectivity index (χ4n) is 2.69. The quantitative estimate of drug-likeness (QED) is 0.560. The number of nitrogens with one attached hydrogen (secondary N) is 2. The fourth-order valence-corrected chi connectivity index (χ4v) is 3.94. The highest BCUT2D eigenvalue weighted by atomic mass is 32.2. The molecule has 1 aromatic carbocycles. The van der Waals surface area contributed by atoms with Gasteiger partial charge in [0.2, 0.25) is 0 Å². The van der Waals surface area contributed by atoms with E-state index in [4.69, 9.17) is 0 Å². The molecular formula is C18H26N6S. The Labute approximate surface area is 153 Å². The summed E-state index contributed by atoms with van der Waals surface area (Å²) >= 11 is 1.97. The molecule has 1 aromatic heterocycles. The molecule has 134 valence electrons. The molecule has 6 nitrogen and oxygen atoms in total. The summed E-state index contributed by atoms with van der Waals surface area (Å²) in [7, 11) is 1.81. The summed E-state index contributed by atoms with van der Waals surface area (Å²) in [5, 5.41) is 14.9.